The van der Waals surface area contributed by atoms with Crippen molar-refractivity contribution >= 4 is 28.9 Å². The zero-order valence-corrected chi connectivity index (χ0v) is 21.1. The molecule has 36 heavy (non-hydrogen) atoms. The van der Waals surface area contributed by atoms with Crippen LogP contribution in [0.2, 0.25) is 0 Å². The van der Waals surface area contributed by atoms with Crippen molar-refractivity contribution in [2.75, 3.05) is 53.1 Å². The molecule has 2 aromatic carbocycles. The first kappa shape index (κ1) is 25.3. The molecule has 10 heteroatoms. The first-order valence-electron chi connectivity index (χ1n) is 11.7. The predicted octanol–water partition coefficient (Wildman–Crippen LogP) is 3.21. The summed E-state index contributed by atoms with van der Waals surface area (Å²) in [6, 6.07) is 10.3. The maximum Gasteiger partial charge on any atom is 0.321 e. The van der Waals surface area contributed by atoms with Gasteiger partial charge in [-0.3, -0.25) is 14.5 Å². The molecule has 192 valence electrons. The van der Waals surface area contributed by atoms with Crippen LogP contribution in [0, 0.1) is 5.92 Å². The zero-order chi connectivity index (χ0) is 25.8. The molecule has 0 fully saturated rings. The lowest BCUT2D eigenvalue weighted by atomic mass is 9.88. The first-order chi connectivity index (χ1) is 17.5. The summed E-state index contributed by atoms with van der Waals surface area (Å²) in [4.78, 5) is 33.7. The van der Waals surface area contributed by atoms with Crippen LogP contribution in [0.5, 0.6) is 17.2 Å². The topological polar surface area (TPSA) is 101 Å². The van der Waals surface area contributed by atoms with Gasteiger partial charge in [-0.1, -0.05) is 12.1 Å². The van der Waals surface area contributed by atoms with Gasteiger partial charge in [-0.05, 0) is 37.6 Å². The molecule has 0 bridgehead atoms. The van der Waals surface area contributed by atoms with Crippen LogP contribution in [-0.4, -0.2) is 69.6 Å². The second kappa shape index (κ2) is 10.9. The molecular formula is C26H31N3O7. The highest BCUT2D eigenvalue weighted by atomic mass is 16.5. The van der Waals surface area contributed by atoms with Crippen molar-refractivity contribution in [2.24, 2.45) is 5.92 Å². The molecule has 1 aliphatic heterocycles. The number of para-hydroxylation sites is 2. The number of anilines is 1. The third kappa shape index (κ3) is 4.21. The van der Waals surface area contributed by atoms with Crippen LogP contribution >= 0.6 is 0 Å². The standard InChI is InChI=1S/C26H31N3O7/c1-6-36-25(31)20-21(16-12-13-19(33-3)23(35-5)22(16)34-4)29-18-11-8-7-10-17(18)27-26(29)28(24(20)30)14-9-15-32-2/h7-8,10-13,20-21H,6,9,14-15H2,1-5H3/t20-,21-/m1/s1. The van der Waals surface area contributed by atoms with Gasteiger partial charge in [-0.2, -0.15) is 0 Å². The van der Waals surface area contributed by atoms with Crippen LogP contribution in [0.3, 0.4) is 0 Å². The fraction of sp³-hybridized carbons (Fsp3) is 0.423. The van der Waals surface area contributed by atoms with E-state index in [1.165, 1.54) is 21.3 Å². The summed E-state index contributed by atoms with van der Waals surface area (Å²) in [7, 11) is 6.15. The predicted molar refractivity (Wildman–Crippen MR) is 133 cm³/mol. The highest BCUT2D eigenvalue weighted by Crippen LogP contribution is 2.48. The normalized spacial score (nSPS) is 17.1. The van der Waals surface area contributed by atoms with Gasteiger partial charge in [-0.15, -0.1) is 0 Å². The number of esters is 1. The molecule has 4 rings (SSSR count). The second-order valence-electron chi connectivity index (χ2n) is 8.20. The minimum atomic E-state index is -1.18. The maximum absolute atomic E-state index is 14.0. The molecule has 3 aromatic rings. The Kier molecular flexibility index (Phi) is 7.64. The highest BCUT2D eigenvalue weighted by molar-refractivity contribution is 6.08. The average molecular weight is 498 g/mol. The van der Waals surface area contributed by atoms with E-state index in [-0.39, 0.29) is 6.61 Å². The lowest BCUT2D eigenvalue weighted by molar-refractivity contribution is -0.153. The number of methoxy groups -OCH3 is 4. The van der Waals surface area contributed by atoms with Crippen LogP contribution < -0.4 is 19.1 Å². The Morgan fingerprint density at radius 2 is 1.75 bits per heavy atom. The third-order valence-electron chi connectivity index (χ3n) is 6.27. The molecule has 0 saturated heterocycles. The molecule has 0 aliphatic carbocycles. The number of benzene rings is 2. The molecule has 1 aliphatic rings. The number of carbonyl (C=O) groups is 2. The summed E-state index contributed by atoms with van der Waals surface area (Å²) in [6.07, 6.45) is 0.575. The number of carbonyl (C=O) groups excluding carboxylic acids is 2. The van der Waals surface area contributed by atoms with Crippen molar-refractivity contribution in [2.45, 2.75) is 19.4 Å². The molecule has 2 heterocycles. The van der Waals surface area contributed by atoms with Gasteiger partial charge >= 0.3 is 5.97 Å². The molecule has 0 saturated carbocycles. The fourth-order valence-corrected chi connectivity index (χ4v) is 4.76. The van der Waals surface area contributed by atoms with Crippen molar-refractivity contribution in [3.8, 4) is 17.2 Å². The Balaban J connectivity index is 2.02. The Hall–Kier alpha value is -3.79. The summed E-state index contributed by atoms with van der Waals surface area (Å²) in [6.45, 7) is 2.65. The number of nitrogens with zero attached hydrogens (tertiary/aromatic N) is 3. The largest absolute Gasteiger partial charge is 0.493 e. The van der Waals surface area contributed by atoms with E-state index in [1.54, 1.807) is 31.1 Å². The number of rotatable bonds is 10. The van der Waals surface area contributed by atoms with Crippen molar-refractivity contribution < 1.29 is 33.3 Å². The molecule has 10 nitrogen and oxygen atoms in total. The van der Waals surface area contributed by atoms with Crippen LogP contribution in [-0.2, 0) is 19.1 Å². The SMILES string of the molecule is CCOC(=O)[C@H]1C(=O)N(CCCOC)c2nc3ccccc3n2[C@@H]1c1ccc(OC)c(OC)c1OC. The van der Waals surface area contributed by atoms with Gasteiger partial charge in [0, 0.05) is 25.8 Å². The van der Waals surface area contributed by atoms with E-state index in [1.807, 2.05) is 28.8 Å². The molecule has 0 unspecified atom stereocenters. The van der Waals surface area contributed by atoms with Crippen LogP contribution in [0.1, 0.15) is 24.9 Å². The smallest absolute Gasteiger partial charge is 0.321 e. The first-order valence-corrected chi connectivity index (χ1v) is 11.7. The van der Waals surface area contributed by atoms with E-state index < -0.39 is 23.8 Å². The molecule has 1 amide bonds. The minimum absolute atomic E-state index is 0.139. The molecule has 1 aromatic heterocycles. The maximum atomic E-state index is 14.0. The van der Waals surface area contributed by atoms with Crippen LogP contribution in [0.25, 0.3) is 11.0 Å². The Morgan fingerprint density at radius 3 is 2.42 bits per heavy atom. The number of hydrogen-bond donors (Lipinski definition) is 0. The van der Waals surface area contributed by atoms with Gasteiger partial charge in [0.1, 0.15) is 0 Å². The van der Waals surface area contributed by atoms with Crippen molar-refractivity contribution in [3.63, 3.8) is 0 Å². The van der Waals surface area contributed by atoms with E-state index in [9.17, 15) is 9.59 Å². The van der Waals surface area contributed by atoms with E-state index in [2.05, 4.69) is 0 Å². The minimum Gasteiger partial charge on any atom is -0.493 e. The fourth-order valence-electron chi connectivity index (χ4n) is 4.76. The quantitative estimate of drug-likeness (QED) is 0.239. The second-order valence-corrected chi connectivity index (χ2v) is 8.20. The van der Waals surface area contributed by atoms with Gasteiger partial charge in [0.15, 0.2) is 17.4 Å². The zero-order valence-electron chi connectivity index (χ0n) is 21.1. The summed E-state index contributed by atoms with van der Waals surface area (Å²) in [5.41, 5.74) is 2.04. The van der Waals surface area contributed by atoms with Crippen LogP contribution in [0.4, 0.5) is 5.95 Å². The molecular weight excluding hydrogens is 466 g/mol. The van der Waals surface area contributed by atoms with E-state index >= 15 is 0 Å². The third-order valence-corrected chi connectivity index (χ3v) is 6.27. The van der Waals surface area contributed by atoms with Gasteiger partial charge < -0.3 is 28.3 Å². The summed E-state index contributed by atoms with van der Waals surface area (Å²) in [5.74, 6) is -0.561. The highest BCUT2D eigenvalue weighted by Gasteiger charge is 2.49. The number of aromatic nitrogens is 2. The summed E-state index contributed by atoms with van der Waals surface area (Å²) < 4.78 is 29.3. The van der Waals surface area contributed by atoms with Crippen molar-refractivity contribution in [1.29, 1.82) is 0 Å². The van der Waals surface area contributed by atoms with E-state index in [0.717, 1.165) is 5.52 Å². The number of fused-ring (bicyclic) bond motifs is 3. The summed E-state index contributed by atoms with van der Waals surface area (Å²) in [5, 5.41) is 0. The number of amides is 1. The number of ether oxygens (including phenoxy) is 5. The lowest BCUT2D eigenvalue weighted by Crippen LogP contribution is -2.50. The molecule has 2 atom stereocenters. The van der Waals surface area contributed by atoms with Gasteiger partial charge in [0.05, 0.1) is 45.0 Å². The molecule has 0 N–H and O–H groups in total. The monoisotopic (exact) mass is 497 g/mol. The summed E-state index contributed by atoms with van der Waals surface area (Å²) >= 11 is 0. The lowest BCUT2D eigenvalue weighted by Gasteiger charge is -2.38. The van der Waals surface area contributed by atoms with Gasteiger partial charge in [-0.25, -0.2) is 4.98 Å². The molecule has 0 spiro atoms. The van der Waals surface area contributed by atoms with Crippen molar-refractivity contribution in [3.05, 3.63) is 42.0 Å². The Morgan fingerprint density at radius 1 is 1.00 bits per heavy atom. The molecule has 0 radical (unpaired) electrons. The van der Waals surface area contributed by atoms with Gasteiger partial charge in [0.2, 0.25) is 17.6 Å². The average Bonchev–Trinajstić information content (AvgIpc) is 3.27. The van der Waals surface area contributed by atoms with Crippen LogP contribution in [0.15, 0.2) is 36.4 Å². The number of hydrogen-bond acceptors (Lipinski definition) is 8. The van der Waals surface area contributed by atoms with Gasteiger partial charge in [0.25, 0.3) is 0 Å². The van der Waals surface area contributed by atoms with E-state index in [0.29, 0.717) is 53.8 Å². The Bertz CT molecular complexity index is 1260. The van der Waals surface area contributed by atoms with Crippen molar-refractivity contribution in [1.82, 2.24) is 9.55 Å². The Labute approximate surface area is 209 Å². The number of imidazole rings is 1. The van der Waals surface area contributed by atoms with E-state index in [4.69, 9.17) is 28.7 Å².